The van der Waals surface area contributed by atoms with Crippen LogP contribution in [0.2, 0.25) is 0 Å². The maximum absolute atomic E-state index is 3.91. The van der Waals surface area contributed by atoms with E-state index in [-0.39, 0.29) is 0 Å². The highest BCUT2D eigenvalue weighted by molar-refractivity contribution is 4.97. The summed E-state index contributed by atoms with van der Waals surface area (Å²) >= 11 is 0. The topological polar surface area (TPSA) is 24.1 Å². The molecule has 24 heavy (non-hydrogen) atoms. The van der Waals surface area contributed by atoms with Crippen molar-refractivity contribution < 1.29 is 0 Å². The summed E-state index contributed by atoms with van der Waals surface area (Å²) in [4.78, 5) is 0. The Balaban J connectivity index is 1.53. The van der Waals surface area contributed by atoms with Gasteiger partial charge in [0.25, 0.3) is 0 Å². The largest absolute Gasteiger partial charge is 0.313 e. The Kier molecular flexibility index (Phi) is 6.30. The molecule has 0 aromatic rings. The first-order valence-corrected chi connectivity index (χ1v) is 11.0. The van der Waals surface area contributed by atoms with E-state index >= 15 is 0 Å². The molecule has 0 radical (unpaired) electrons. The highest BCUT2D eigenvalue weighted by Crippen LogP contribution is 2.44. The molecule has 0 aromatic heterocycles. The Labute approximate surface area is 150 Å². The first-order valence-electron chi connectivity index (χ1n) is 11.0. The lowest BCUT2D eigenvalue weighted by atomic mass is 9.67. The molecule has 3 rings (SSSR count). The van der Waals surface area contributed by atoms with Gasteiger partial charge in [0, 0.05) is 18.1 Å². The van der Waals surface area contributed by atoms with Crippen LogP contribution in [0.15, 0.2) is 0 Å². The average molecular weight is 335 g/mol. The fraction of sp³-hybridized carbons (Fsp3) is 1.00. The van der Waals surface area contributed by atoms with Crippen LogP contribution in [0.4, 0.5) is 0 Å². The summed E-state index contributed by atoms with van der Waals surface area (Å²) < 4.78 is 0. The van der Waals surface area contributed by atoms with Gasteiger partial charge < -0.3 is 10.6 Å². The van der Waals surface area contributed by atoms with E-state index in [1.807, 2.05) is 0 Å². The van der Waals surface area contributed by atoms with E-state index in [1.165, 1.54) is 51.5 Å². The second kappa shape index (κ2) is 8.08. The number of hydrogen-bond donors (Lipinski definition) is 2. The molecule has 0 amide bonds. The molecule has 2 heteroatoms. The summed E-state index contributed by atoms with van der Waals surface area (Å²) in [7, 11) is 0. The summed E-state index contributed by atoms with van der Waals surface area (Å²) in [5.74, 6) is 5.57. The van der Waals surface area contributed by atoms with E-state index in [0.717, 1.165) is 47.6 Å². The van der Waals surface area contributed by atoms with Gasteiger partial charge in [0.2, 0.25) is 0 Å². The number of fused-ring (bicyclic) bond motifs is 1. The van der Waals surface area contributed by atoms with Crippen molar-refractivity contribution in [3.05, 3.63) is 0 Å². The van der Waals surface area contributed by atoms with E-state index in [4.69, 9.17) is 0 Å². The van der Waals surface area contributed by atoms with Crippen molar-refractivity contribution >= 4 is 0 Å². The Morgan fingerprint density at radius 1 is 1.00 bits per heavy atom. The summed E-state index contributed by atoms with van der Waals surface area (Å²) in [5.41, 5.74) is 0. The number of nitrogens with one attached hydrogen (secondary N) is 2. The minimum absolute atomic E-state index is 0.686. The van der Waals surface area contributed by atoms with Crippen molar-refractivity contribution in [2.24, 2.45) is 35.5 Å². The zero-order valence-electron chi connectivity index (χ0n) is 16.9. The van der Waals surface area contributed by atoms with Gasteiger partial charge in [-0.05, 0) is 94.4 Å². The second-order valence-electron chi connectivity index (χ2n) is 9.76. The Morgan fingerprint density at radius 2 is 1.71 bits per heavy atom. The first kappa shape index (κ1) is 18.7. The molecule has 3 aliphatic rings. The zero-order valence-corrected chi connectivity index (χ0v) is 16.9. The van der Waals surface area contributed by atoms with Crippen LogP contribution in [-0.2, 0) is 0 Å². The molecule has 7 unspecified atom stereocenters. The Hall–Kier alpha value is -0.0800. The van der Waals surface area contributed by atoms with Crippen LogP contribution in [0.25, 0.3) is 0 Å². The van der Waals surface area contributed by atoms with Gasteiger partial charge in [-0.2, -0.15) is 0 Å². The summed E-state index contributed by atoms with van der Waals surface area (Å²) in [6.07, 6.45) is 10.0. The third kappa shape index (κ3) is 4.36. The normalized spacial score (nSPS) is 37.2. The monoisotopic (exact) mass is 334 g/mol. The molecule has 140 valence electrons. The van der Waals surface area contributed by atoms with Crippen molar-refractivity contribution in [3.63, 3.8) is 0 Å². The first-order chi connectivity index (χ1) is 11.5. The van der Waals surface area contributed by atoms with Gasteiger partial charge in [-0.15, -0.1) is 0 Å². The molecule has 0 aromatic carbocycles. The van der Waals surface area contributed by atoms with E-state index in [2.05, 4.69) is 45.3 Å². The highest BCUT2D eigenvalue weighted by Gasteiger charge is 2.42. The summed E-state index contributed by atoms with van der Waals surface area (Å²) in [6, 6.07) is 2.25. The summed E-state index contributed by atoms with van der Waals surface area (Å²) in [5, 5.41) is 7.75. The van der Waals surface area contributed by atoms with Crippen LogP contribution < -0.4 is 10.6 Å². The van der Waals surface area contributed by atoms with Crippen LogP contribution >= 0.6 is 0 Å². The zero-order chi connectivity index (χ0) is 17.3. The molecule has 2 aliphatic carbocycles. The molecule has 7 atom stereocenters. The SMILES string of the molecule is CCC(CC(C)NC(C)C1CC1)C1CCC2NCC(C(C)C)C2C1. The molecule has 3 fully saturated rings. The van der Waals surface area contributed by atoms with E-state index in [0.29, 0.717) is 6.04 Å². The predicted octanol–water partition coefficient (Wildman–Crippen LogP) is 4.84. The standard InChI is InChI=1S/C22H42N2/c1-6-17(11-15(4)24-16(5)18-7-8-18)19-9-10-22-20(12-19)21(13-23-22)14(2)3/h14-24H,6-13H2,1-5H3. The fourth-order valence-corrected chi connectivity index (χ4v) is 5.96. The third-order valence-corrected chi connectivity index (χ3v) is 7.69. The molecule has 1 heterocycles. The maximum Gasteiger partial charge on any atom is 0.00988 e. The van der Waals surface area contributed by atoms with Crippen LogP contribution in [-0.4, -0.2) is 24.7 Å². The lowest BCUT2D eigenvalue weighted by Crippen LogP contribution is -2.40. The van der Waals surface area contributed by atoms with Gasteiger partial charge in [-0.1, -0.05) is 27.2 Å². The Bertz CT molecular complexity index is 389. The van der Waals surface area contributed by atoms with E-state index in [9.17, 15) is 0 Å². The number of rotatable bonds is 8. The van der Waals surface area contributed by atoms with Crippen LogP contribution in [0.5, 0.6) is 0 Å². The second-order valence-corrected chi connectivity index (χ2v) is 9.76. The average Bonchev–Trinajstić information content (AvgIpc) is 3.31. The summed E-state index contributed by atoms with van der Waals surface area (Å²) in [6.45, 7) is 13.4. The van der Waals surface area contributed by atoms with Crippen molar-refractivity contribution in [1.29, 1.82) is 0 Å². The highest BCUT2D eigenvalue weighted by atomic mass is 15.0. The lowest BCUT2D eigenvalue weighted by Gasteiger charge is -2.39. The maximum atomic E-state index is 3.91. The van der Waals surface area contributed by atoms with Crippen LogP contribution in [0, 0.1) is 35.5 Å². The molecule has 0 spiro atoms. The van der Waals surface area contributed by atoms with Gasteiger partial charge in [-0.25, -0.2) is 0 Å². The fourth-order valence-electron chi connectivity index (χ4n) is 5.96. The van der Waals surface area contributed by atoms with Gasteiger partial charge in [-0.3, -0.25) is 0 Å². The molecule has 1 aliphatic heterocycles. The predicted molar refractivity (Wildman–Crippen MR) is 104 cm³/mol. The van der Waals surface area contributed by atoms with Crippen molar-refractivity contribution in [2.45, 2.75) is 97.7 Å². The minimum Gasteiger partial charge on any atom is -0.313 e. The minimum atomic E-state index is 0.686. The molecular formula is C22H42N2. The molecule has 1 saturated heterocycles. The molecular weight excluding hydrogens is 292 g/mol. The molecule has 2 N–H and O–H groups in total. The van der Waals surface area contributed by atoms with Crippen molar-refractivity contribution in [3.8, 4) is 0 Å². The quantitative estimate of drug-likeness (QED) is 0.664. The molecule has 0 bridgehead atoms. The smallest absolute Gasteiger partial charge is 0.00988 e. The number of hydrogen-bond acceptors (Lipinski definition) is 2. The van der Waals surface area contributed by atoms with E-state index < -0.39 is 0 Å². The van der Waals surface area contributed by atoms with E-state index in [1.54, 1.807) is 0 Å². The van der Waals surface area contributed by atoms with Crippen molar-refractivity contribution in [1.82, 2.24) is 10.6 Å². The van der Waals surface area contributed by atoms with Gasteiger partial charge in [0.15, 0.2) is 0 Å². The Morgan fingerprint density at radius 3 is 2.33 bits per heavy atom. The van der Waals surface area contributed by atoms with Crippen LogP contribution in [0.1, 0.15) is 79.6 Å². The van der Waals surface area contributed by atoms with Gasteiger partial charge in [0.1, 0.15) is 0 Å². The van der Waals surface area contributed by atoms with Gasteiger partial charge in [0.05, 0.1) is 0 Å². The molecule has 2 saturated carbocycles. The molecule has 2 nitrogen and oxygen atoms in total. The van der Waals surface area contributed by atoms with Crippen molar-refractivity contribution in [2.75, 3.05) is 6.54 Å². The lowest BCUT2D eigenvalue weighted by molar-refractivity contribution is 0.129. The third-order valence-electron chi connectivity index (χ3n) is 7.69. The van der Waals surface area contributed by atoms with Gasteiger partial charge >= 0.3 is 0 Å². The van der Waals surface area contributed by atoms with Crippen LogP contribution in [0.3, 0.4) is 0 Å².